The Kier molecular flexibility index (Phi) is 5.08. The molecule has 0 saturated carbocycles. The molecule has 26 heavy (non-hydrogen) atoms. The largest absolute Gasteiger partial charge is 0.492 e. The van der Waals surface area contributed by atoms with Crippen LogP contribution < -0.4 is 21.3 Å². The zero-order chi connectivity index (χ0) is 18.7. The van der Waals surface area contributed by atoms with E-state index >= 15 is 0 Å². The van der Waals surface area contributed by atoms with Gasteiger partial charge in [-0.25, -0.2) is 4.79 Å². The molecule has 1 atom stereocenters. The first-order valence-corrected chi connectivity index (χ1v) is 8.26. The number of hydrogen-bond acceptors (Lipinski definition) is 6. The number of aliphatic hydroxyl groups excluding tert-OH is 1. The first kappa shape index (κ1) is 17.7. The Labute approximate surface area is 148 Å². The molecule has 2 heterocycles. The van der Waals surface area contributed by atoms with Crippen LogP contribution in [0, 0.1) is 0 Å². The van der Waals surface area contributed by atoms with Crippen molar-refractivity contribution in [3.05, 3.63) is 51.2 Å². The monoisotopic (exact) mass is 359 g/mol. The van der Waals surface area contributed by atoms with Crippen molar-refractivity contribution < 1.29 is 9.84 Å². The number of para-hydroxylation sites is 1. The summed E-state index contributed by atoms with van der Waals surface area (Å²) < 4.78 is 8.62. The van der Waals surface area contributed by atoms with Crippen molar-refractivity contribution in [1.82, 2.24) is 19.1 Å². The molecule has 0 radical (unpaired) electrons. The van der Waals surface area contributed by atoms with Crippen molar-refractivity contribution in [3.8, 4) is 5.75 Å². The maximum Gasteiger partial charge on any atom is 0.329 e. The van der Waals surface area contributed by atoms with Gasteiger partial charge in [-0.15, -0.1) is 0 Å². The summed E-state index contributed by atoms with van der Waals surface area (Å²) in [5.41, 5.74) is -0.501. The van der Waals surface area contributed by atoms with E-state index in [2.05, 4.69) is 15.3 Å². The molecule has 0 bridgehead atoms. The highest BCUT2D eigenvalue weighted by atomic mass is 16.5. The van der Waals surface area contributed by atoms with E-state index in [9.17, 15) is 14.7 Å². The van der Waals surface area contributed by atoms with Gasteiger partial charge in [0.2, 0.25) is 5.95 Å². The second-order valence-corrected chi connectivity index (χ2v) is 5.97. The summed E-state index contributed by atoms with van der Waals surface area (Å²) in [5.74, 6) is 1.11. The van der Waals surface area contributed by atoms with Gasteiger partial charge in [-0.05, 0) is 19.1 Å². The summed E-state index contributed by atoms with van der Waals surface area (Å²) in [6, 6.07) is 9.33. The Morgan fingerprint density at radius 2 is 2.04 bits per heavy atom. The lowest BCUT2D eigenvalue weighted by Crippen LogP contribution is -2.29. The van der Waals surface area contributed by atoms with Crippen molar-refractivity contribution >= 4 is 17.1 Å². The zero-order valence-corrected chi connectivity index (χ0v) is 14.6. The highest BCUT2D eigenvalue weighted by molar-refractivity contribution is 5.74. The molecule has 2 aromatic heterocycles. The number of nitrogens with one attached hydrogen (secondary N) is 2. The Bertz CT molecular complexity index is 1000. The molecular formula is C17H21N5O4. The molecular weight excluding hydrogens is 338 g/mol. The number of nitrogens with zero attached hydrogens (tertiary/aromatic N) is 3. The quantitative estimate of drug-likeness (QED) is 0.559. The van der Waals surface area contributed by atoms with Gasteiger partial charge in [0.25, 0.3) is 5.56 Å². The fourth-order valence-electron chi connectivity index (χ4n) is 2.60. The van der Waals surface area contributed by atoms with Gasteiger partial charge in [-0.1, -0.05) is 18.2 Å². The van der Waals surface area contributed by atoms with Crippen LogP contribution in [0.4, 0.5) is 5.95 Å². The summed E-state index contributed by atoms with van der Waals surface area (Å²) in [6.45, 7) is 2.55. The van der Waals surface area contributed by atoms with Gasteiger partial charge in [-0.3, -0.25) is 14.3 Å². The summed E-state index contributed by atoms with van der Waals surface area (Å²) in [4.78, 5) is 30.8. The van der Waals surface area contributed by atoms with E-state index in [1.165, 1.54) is 11.6 Å². The predicted octanol–water partition coefficient (Wildman–Crippen LogP) is 0.295. The molecule has 3 rings (SSSR count). The third kappa shape index (κ3) is 3.62. The van der Waals surface area contributed by atoms with Gasteiger partial charge in [0.15, 0.2) is 11.2 Å². The lowest BCUT2D eigenvalue weighted by atomic mass is 10.3. The Morgan fingerprint density at radius 3 is 2.73 bits per heavy atom. The zero-order valence-electron chi connectivity index (χ0n) is 14.6. The fourth-order valence-corrected chi connectivity index (χ4v) is 2.60. The molecule has 0 aliphatic heterocycles. The third-order valence-electron chi connectivity index (χ3n) is 3.89. The smallest absolute Gasteiger partial charge is 0.329 e. The van der Waals surface area contributed by atoms with Crippen LogP contribution in [0.3, 0.4) is 0 Å². The number of aryl methyl sites for hydroxylation is 1. The summed E-state index contributed by atoms with van der Waals surface area (Å²) in [6.07, 6.45) is -0.592. The average Bonchev–Trinajstić information content (AvgIpc) is 2.98. The van der Waals surface area contributed by atoms with Gasteiger partial charge in [0.05, 0.1) is 12.6 Å². The Hall–Kier alpha value is -3.07. The van der Waals surface area contributed by atoms with Crippen LogP contribution in [0.1, 0.15) is 6.92 Å². The minimum absolute atomic E-state index is 0.259. The minimum Gasteiger partial charge on any atom is -0.492 e. The van der Waals surface area contributed by atoms with Gasteiger partial charge in [0.1, 0.15) is 12.4 Å². The Balaban J connectivity index is 1.94. The first-order chi connectivity index (χ1) is 12.5. The van der Waals surface area contributed by atoms with Crippen molar-refractivity contribution in [2.24, 2.45) is 7.05 Å². The SMILES string of the molecule is C[C@@H](O)CNc1nc2c(c(=O)[nH]c(=O)n2C)n1CCOc1ccccc1. The second kappa shape index (κ2) is 7.44. The molecule has 0 fully saturated rings. The first-order valence-electron chi connectivity index (χ1n) is 8.26. The predicted molar refractivity (Wildman–Crippen MR) is 97.7 cm³/mol. The number of fused-ring (bicyclic) bond motifs is 1. The lowest BCUT2D eigenvalue weighted by Gasteiger charge is -2.12. The molecule has 0 aliphatic carbocycles. The molecule has 0 saturated heterocycles. The Morgan fingerprint density at radius 1 is 1.31 bits per heavy atom. The van der Waals surface area contributed by atoms with E-state index in [0.717, 1.165) is 5.75 Å². The van der Waals surface area contributed by atoms with Gasteiger partial charge in [0, 0.05) is 13.6 Å². The molecule has 3 N–H and O–H groups in total. The molecule has 3 aromatic rings. The normalized spacial score (nSPS) is 12.3. The molecule has 9 heteroatoms. The summed E-state index contributed by atoms with van der Waals surface area (Å²) in [5, 5.41) is 12.5. The number of aliphatic hydroxyl groups is 1. The number of aromatic amines is 1. The van der Waals surface area contributed by atoms with Crippen molar-refractivity contribution in [2.75, 3.05) is 18.5 Å². The van der Waals surface area contributed by atoms with E-state index < -0.39 is 17.4 Å². The standard InChI is InChI=1S/C17H21N5O4/c1-11(23)10-18-16-19-14-13(15(24)20-17(25)21(14)2)22(16)8-9-26-12-6-4-3-5-7-12/h3-7,11,23H,8-10H2,1-2H3,(H,18,19)(H,20,24,25)/t11-/m1/s1. The molecule has 1 aromatic carbocycles. The number of H-pyrrole nitrogens is 1. The van der Waals surface area contributed by atoms with Crippen LogP contribution in [0.25, 0.3) is 11.2 Å². The van der Waals surface area contributed by atoms with Crippen LogP contribution in [0.15, 0.2) is 39.9 Å². The number of hydrogen-bond donors (Lipinski definition) is 3. The highest BCUT2D eigenvalue weighted by Crippen LogP contribution is 2.16. The number of aromatic nitrogens is 4. The van der Waals surface area contributed by atoms with Crippen molar-refractivity contribution in [2.45, 2.75) is 19.6 Å². The maximum absolute atomic E-state index is 12.3. The van der Waals surface area contributed by atoms with Crippen molar-refractivity contribution in [1.29, 1.82) is 0 Å². The number of imidazole rings is 1. The van der Waals surface area contributed by atoms with Gasteiger partial charge in [-0.2, -0.15) is 4.98 Å². The van der Waals surface area contributed by atoms with E-state index in [-0.39, 0.29) is 17.7 Å². The van der Waals surface area contributed by atoms with Crippen LogP contribution in [-0.2, 0) is 13.6 Å². The van der Waals surface area contributed by atoms with E-state index in [1.54, 1.807) is 11.5 Å². The van der Waals surface area contributed by atoms with E-state index in [0.29, 0.717) is 19.1 Å². The molecule has 0 unspecified atom stereocenters. The topological polar surface area (TPSA) is 114 Å². The third-order valence-corrected chi connectivity index (χ3v) is 3.89. The summed E-state index contributed by atoms with van der Waals surface area (Å²) >= 11 is 0. The fraction of sp³-hybridized carbons (Fsp3) is 0.353. The molecule has 0 amide bonds. The van der Waals surface area contributed by atoms with Gasteiger partial charge < -0.3 is 19.7 Å². The van der Waals surface area contributed by atoms with Crippen molar-refractivity contribution in [3.63, 3.8) is 0 Å². The van der Waals surface area contributed by atoms with E-state index in [4.69, 9.17) is 4.74 Å². The lowest BCUT2D eigenvalue weighted by molar-refractivity contribution is 0.208. The van der Waals surface area contributed by atoms with Crippen LogP contribution in [0.2, 0.25) is 0 Å². The molecule has 0 aliphatic rings. The molecule has 138 valence electrons. The number of rotatable bonds is 7. The molecule has 0 spiro atoms. The number of benzene rings is 1. The van der Waals surface area contributed by atoms with Gasteiger partial charge >= 0.3 is 5.69 Å². The average molecular weight is 359 g/mol. The minimum atomic E-state index is -0.592. The molecule has 9 nitrogen and oxygen atoms in total. The number of anilines is 1. The second-order valence-electron chi connectivity index (χ2n) is 5.97. The number of ether oxygens (including phenoxy) is 1. The van der Waals surface area contributed by atoms with Crippen LogP contribution in [-0.4, -0.2) is 43.5 Å². The van der Waals surface area contributed by atoms with E-state index in [1.807, 2.05) is 30.3 Å². The maximum atomic E-state index is 12.3. The highest BCUT2D eigenvalue weighted by Gasteiger charge is 2.17. The van der Waals surface area contributed by atoms with Crippen LogP contribution in [0.5, 0.6) is 5.75 Å². The summed E-state index contributed by atoms with van der Waals surface area (Å²) in [7, 11) is 1.54. The van der Waals surface area contributed by atoms with Crippen LogP contribution >= 0.6 is 0 Å².